The van der Waals surface area contributed by atoms with E-state index in [-0.39, 0.29) is 6.29 Å². The second-order valence-corrected chi connectivity index (χ2v) is 7.12. The van der Waals surface area contributed by atoms with Crippen molar-refractivity contribution >= 4 is 0 Å². The van der Waals surface area contributed by atoms with Crippen molar-refractivity contribution in [2.24, 2.45) is 0 Å². The van der Waals surface area contributed by atoms with Crippen LogP contribution in [-0.2, 0) is 16.0 Å². The van der Waals surface area contributed by atoms with Crippen LogP contribution in [0.4, 0.5) is 0 Å². The zero-order chi connectivity index (χ0) is 20.8. The number of hydrogen-bond acceptors (Lipinski definition) is 2. The van der Waals surface area contributed by atoms with E-state index in [9.17, 15) is 0 Å². The van der Waals surface area contributed by atoms with Gasteiger partial charge in [0.05, 0.1) is 0 Å². The first-order valence-corrected chi connectivity index (χ1v) is 10.1. The molecule has 0 aliphatic carbocycles. The second-order valence-electron chi connectivity index (χ2n) is 7.12. The maximum Gasteiger partial charge on any atom is 0.217 e. The molecule has 0 saturated heterocycles. The van der Waals surface area contributed by atoms with Crippen molar-refractivity contribution in [3.05, 3.63) is 103 Å². The first kappa shape index (κ1) is 20.0. The predicted octanol–water partition coefficient (Wildman–Crippen LogP) is 5.59. The molecule has 4 aromatic rings. The van der Waals surface area contributed by atoms with Crippen LogP contribution >= 0.6 is 0 Å². The van der Waals surface area contributed by atoms with Gasteiger partial charge in [-0.1, -0.05) is 66.7 Å². The summed E-state index contributed by atoms with van der Waals surface area (Å²) in [5, 5.41) is 0. The van der Waals surface area contributed by atoms with E-state index in [1.807, 2.05) is 18.2 Å². The third-order valence-corrected chi connectivity index (χ3v) is 5.27. The number of methoxy groups -OCH3 is 2. The zero-order valence-corrected chi connectivity index (χ0v) is 17.4. The highest BCUT2D eigenvalue weighted by Crippen LogP contribution is 2.29. The molecule has 0 bridgehead atoms. The van der Waals surface area contributed by atoms with Gasteiger partial charge < -0.3 is 9.47 Å². The van der Waals surface area contributed by atoms with Gasteiger partial charge >= 0.3 is 0 Å². The van der Waals surface area contributed by atoms with E-state index in [0.717, 1.165) is 22.5 Å². The lowest BCUT2D eigenvalue weighted by molar-refractivity contribution is -0.689. The van der Waals surface area contributed by atoms with Gasteiger partial charge in [0.15, 0.2) is 6.54 Å². The van der Waals surface area contributed by atoms with Crippen molar-refractivity contribution in [1.29, 1.82) is 0 Å². The standard InChI is InChI=1S/C27H26NO2/c1-29-27(30-2)20-28-25(22-14-8-4-9-15-22)18-24(21-12-6-3-7-13-21)19-26(28)23-16-10-5-11-17-23/h3-19,27H,20H2,1-2H3/q+1. The van der Waals surface area contributed by atoms with Crippen LogP contribution in [0.5, 0.6) is 0 Å². The van der Waals surface area contributed by atoms with Crippen molar-refractivity contribution in [3.8, 4) is 33.6 Å². The number of hydrogen-bond donors (Lipinski definition) is 0. The lowest BCUT2D eigenvalue weighted by atomic mass is 9.99. The molecule has 0 unspecified atom stereocenters. The van der Waals surface area contributed by atoms with Gasteiger partial charge in [0, 0.05) is 37.5 Å². The fraction of sp³-hybridized carbons (Fsp3) is 0.148. The smallest absolute Gasteiger partial charge is 0.217 e. The Morgan fingerprint density at radius 1 is 0.567 bits per heavy atom. The van der Waals surface area contributed by atoms with Crippen molar-refractivity contribution in [3.63, 3.8) is 0 Å². The molecule has 0 aliphatic heterocycles. The molecule has 0 atom stereocenters. The number of rotatable bonds is 7. The number of nitrogens with zero attached hydrogens (tertiary/aromatic N) is 1. The van der Waals surface area contributed by atoms with Gasteiger partial charge in [0.1, 0.15) is 0 Å². The Balaban J connectivity index is 2.00. The van der Waals surface area contributed by atoms with Crippen molar-refractivity contribution < 1.29 is 14.0 Å². The van der Waals surface area contributed by atoms with Gasteiger partial charge in [0.2, 0.25) is 17.7 Å². The monoisotopic (exact) mass is 396 g/mol. The predicted molar refractivity (Wildman–Crippen MR) is 121 cm³/mol. The molecule has 3 nitrogen and oxygen atoms in total. The van der Waals surface area contributed by atoms with Crippen LogP contribution in [0.1, 0.15) is 0 Å². The Morgan fingerprint density at radius 3 is 1.37 bits per heavy atom. The molecule has 0 radical (unpaired) electrons. The van der Waals surface area contributed by atoms with Gasteiger partial charge in [-0.05, 0) is 35.4 Å². The van der Waals surface area contributed by atoms with E-state index in [1.54, 1.807) is 14.2 Å². The van der Waals surface area contributed by atoms with E-state index in [2.05, 4.69) is 89.5 Å². The van der Waals surface area contributed by atoms with Crippen molar-refractivity contribution in [2.45, 2.75) is 12.8 Å². The minimum atomic E-state index is -0.345. The normalized spacial score (nSPS) is 11.0. The summed E-state index contributed by atoms with van der Waals surface area (Å²) in [7, 11) is 3.36. The average molecular weight is 397 g/mol. The number of pyridine rings is 1. The Bertz CT molecular complexity index is 1020. The second kappa shape index (κ2) is 9.49. The largest absolute Gasteiger partial charge is 0.350 e. The maximum atomic E-state index is 5.56. The van der Waals surface area contributed by atoms with E-state index in [0.29, 0.717) is 6.54 Å². The third-order valence-electron chi connectivity index (χ3n) is 5.27. The molecule has 0 spiro atoms. The number of benzene rings is 3. The first-order valence-electron chi connectivity index (χ1n) is 10.1. The maximum absolute atomic E-state index is 5.56. The highest BCUT2D eigenvalue weighted by Gasteiger charge is 2.25. The Morgan fingerprint density at radius 2 is 0.967 bits per heavy atom. The zero-order valence-electron chi connectivity index (χ0n) is 17.4. The molecule has 0 saturated carbocycles. The molecule has 4 rings (SSSR count). The summed E-state index contributed by atoms with van der Waals surface area (Å²) < 4.78 is 13.4. The van der Waals surface area contributed by atoms with Crippen LogP contribution in [0.3, 0.4) is 0 Å². The molecule has 1 heterocycles. The van der Waals surface area contributed by atoms with Gasteiger partial charge in [-0.15, -0.1) is 0 Å². The Kier molecular flexibility index (Phi) is 6.33. The lowest BCUT2D eigenvalue weighted by Crippen LogP contribution is -2.45. The topological polar surface area (TPSA) is 22.3 Å². The molecule has 0 fully saturated rings. The minimum Gasteiger partial charge on any atom is -0.350 e. The fourth-order valence-corrected chi connectivity index (χ4v) is 3.71. The van der Waals surface area contributed by atoms with Crippen LogP contribution in [-0.4, -0.2) is 20.5 Å². The van der Waals surface area contributed by atoms with Gasteiger partial charge in [-0.3, -0.25) is 0 Å². The summed E-state index contributed by atoms with van der Waals surface area (Å²) in [5.41, 5.74) is 6.91. The first-order chi connectivity index (χ1) is 14.8. The quantitative estimate of drug-likeness (QED) is 0.300. The Labute approximate surface area is 178 Å². The molecule has 3 heteroatoms. The van der Waals surface area contributed by atoms with Crippen LogP contribution in [0.15, 0.2) is 103 Å². The molecular formula is C27H26NO2+. The van der Waals surface area contributed by atoms with Crippen molar-refractivity contribution in [2.75, 3.05) is 14.2 Å². The third kappa shape index (κ3) is 4.33. The van der Waals surface area contributed by atoms with Crippen LogP contribution < -0.4 is 4.57 Å². The van der Waals surface area contributed by atoms with Crippen LogP contribution in [0, 0.1) is 0 Å². The summed E-state index contributed by atoms with van der Waals surface area (Å²) in [4.78, 5) is 0. The minimum absolute atomic E-state index is 0.345. The molecule has 3 aromatic carbocycles. The van der Waals surface area contributed by atoms with E-state index < -0.39 is 0 Å². The molecular weight excluding hydrogens is 370 g/mol. The summed E-state index contributed by atoms with van der Waals surface area (Å²) in [6, 6.07) is 35.9. The molecule has 1 aromatic heterocycles. The van der Waals surface area contributed by atoms with E-state index in [4.69, 9.17) is 9.47 Å². The SMILES string of the molecule is COC(C[n+]1c(-c2ccccc2)cc(-c2ccccc2)cc1-c1ccccc1)OC. The molecule has 150 valence electrons. The molecule has 0 N–H and O–H groups in total. The number of ether oxygens (including phenoxy) is 2. The van der Waals surface area contributed by atoms with E-state index in [1.165, 1.54) is 11.1 Å². The fourth-order valence-electron chi connectivity index (χ4n) is 3.71. The van der Waals surface area contributed by atoms with Crippen LogP contribution in [0.2, 0.25) is 0 Å². The lowest BCUT2D eigenvalue weighted by Gasteiger charge is -2.16. The molecule has 0 aliphatic rings. The van der Waals surface area contributed by atoms with Gasteiger partial charge in [-0.25, -0.2) is 0 Å². The van der Waals surface area contributed by atoms with Crippen LogP contribution in [0.25, 0.3) is 33.6 Å². The molecule has 30 heavy (non-hydrogen) atoms. The Hall–Kier alpha value is -3.27. The summed E-state index contributed by atoms with van der Waals surface area (Å²) >= 11 is 0. The summed E-state index contributed by atoms with van der Waals surface area (Å²) in [6.45, 7) is 0.580. The average Bonchev–Trinajstić information content (AvgIpc) is 2.84. The van der Waals surface area contributed by atoms with Crippen molar-refractivity contribution in [1.82, 2.24) is 0 Å². The van der Waals surface area contributed by atoms with Gasteiger partial charge in [0.25, 0.3) is 0 Å². The molecule has 0 amide bonds. The highest BCUT2D eigenvalue weighted by atomic mass is 16.7. The van der Waals surface area contributed by atoms with Gasteiger partial charge in [-0.2, -0.15) is 4.57 Å². The summed E-state index contributed by atoms with van der Waals surface area (Å²) in [5.74, 6) is 0. The number of aromatic nitrogens is 1. The summed E-state index contributed by atoms with van der Waals surface area (Å²) in [6.07, 6.45) is -0.345. The van der Waals surface area contributed by atoms with E-state index >= 15 is 0 Å². The highest BCUT2D eigenvalue weighted by molar-refractivity contribution is 5.73.